The van der Waals surface area contributed by atoms with E-state index in [1.165, 1.54) is 18.4 Å². The van der Waals surface area contributed by atoms with E-state index in [4.69, 9.17) is 4.98 Å². The zero-order valence-electron chi connectivity index (χ0n) is 13.2. The molecule has 0 aromatic carbocycles. The van der Waals surface area contributed by atoms with Gasteiger partial charge >= 0.3 is 0 Å². The molecule has 0 saturated carbocycles. The second-order valence-electron chi connectivity index (χ2n) is 6.38. The van der Waals surface area contributed by atoms with Gasteiger partial charge in [0.05, 0.1) is 0 Å². The monoisotopic (exact) mass is 287 g/mol. The lowest BCUT2D eigenvalue weighted by molar-refractivity contribution is 0.369. The summed E-state index contributed by atoms with van der Waals surface area (Å²) in [4.78, 5) is 7.05. The van der Waals surface area contributed by atoms with Crippen molar-refractivity contribution in [1.82, 2.24) is 19.9 Å². The molecule has 1 aliphatic rings. The van der Waals surface area contributed by atoms with Crippen molar-refractivity contribution in [3.8, 4) is 0 Å². The Labute approximate surface area is 126 Å². The normalized spacial score (nSPS) is 19.3. The summed E-state index contributed by atoms with van der Waals surface area (Å²) < 4.78 is 1.87. The minimum Gasteiger partial charge on any atom is -0.337 e. The lowest BCUT2D eigenvalue weighted by atomic mass is 9.99. The molecular formula is C16H25N5. The predicted molar refractivity (Wildman–Crippen MR) is 85.8 cm³/mol. The van der Waals surface area contributed by atoms with Crippen LogP contribution in [0.2, 0.25) is 0 Å². The molecule has 0 spiro atoms. The van der Waals surface area contributed by atoms with Crippen LogP contribution in [0.25, 0.3) is 5.65 Å². The Morgan fingerprint density at radius 2 is 2.33 bits per heavy atom. The van der Waals surface area contributed by atoms with E-state index in [1.807, 2.05) is 10.7 Å². The van der Waals surface area contributed by atoms with Crippen molar-refractivity contribution in [2.75, 3.05) is 24.5 Å². The van der Waals surface area contributed by atoms with Crippen molar-refractivity contribution in [2.45, 2.75) is 39.7 Å². The van der Waals surface area contributed by atoms with Crippen LogP contribution in [0.4, 0.5) is 5.95 Å². The van der Waals surface area contributed by atoms with E-state index >= 15 is 0 Å². The summed E-state index contributed by atoms with van der Waals surface area (Å²) in [6.07, 6.45) is 4.55. The summed E-state index contributed by atoms with van der Waals surface area (Å²) >= 11 is 0. The highest BCUT2D eigenvalue weighted by Gasteiger charge is 2.22. The first-order valence-corrected chi connectivity index (χ1v) is 7.94. The number of pyridine rings is 1. The molecule has 1 unspecified atom stereocenters. The Balaban J connectivity index is 1.84. The quantitative estimate of drug-likeness (QED) is 0.937. The molecule has 0 bridgehead atoms. The standard InChI is InChI=1S/C16H25N5/c1-12(2)20(11-14-5-4-7-17-10-14)16-18-15-9-13(3)6-8-21(15)19-16/h6,8-9,12,14,17H,4-5,7,10-11H2,1-3H3. The molecule has 0 amide bonds. The number of hydrogen-bond donors (Lipinski definition) is 1. The number of anilines is 1. The minimum absolute atomic E-state index is 0.408. The average molecular weight is 287 g/mol. The van der Waals surface area contributed by atoms with Gasteiger partial charge in [-0.15, -0.1) is 5.10 Å². The van der Waals surface area contributed by atoms with Crippen LogP contribution < -0.4 is 10.2 Å². The van der Waals surface area contributed by atoms with Crippen LogP contribution in [0.15, 0.2) is 18.3 Å². The Hall–Kier alpha value is -1.62. The van der Waals surface area contributed by atoms with Crippen LogP contribution in [0.3, 0.4) is 0 Å². The Bertz CT molecular complexity index is 598. The number of aromatic nitrogens is 3. The number of piperidine rings is 1. The summed E-state index contributed by atoms with van der Waals surface area (Å²) in [7, 11) is 0. The highest BCUT2D eigenvalue weighted by atomic mass is 15.4. The maximum absolute atomic E-state index is 4.72. The van der Waals surface area contributed by atoms with Gasteiger partial charge < -0.3 is 10.2 Å². The van der Waals surface area contributed by atoms with Crippen LogP contribution in [0.1, 0.15) is 32.3 Å². The second-order valence-corrected chi connectivity index (χ2v) is 6.38. The molecule has 2 aromatic heterocycles. The van der Waals surface area contributed by atoms with Gasteiger partial charge in [0.1, 0.15) is 0 Å². The third kappa shape index (κ3) is 3.18. The lowest BCUT2D eigenvalue weighted by Gasteiger charge is -2.32. The van der Waals surface area contributed by atoms with Crippen molar-refractivity contribution in [1.29, 1.82) is 0 Å². The van der Waals surface area contributed by atoms with Crippen molar-refractivity contribution >= 4 is 11.6 Å². The third-order valence-corrected chi connectivity index (χ3v) is 4.22. The predicted octanol–water partition coefficient (Wildman–Crippen LogP) is 2.25. The molecular weight excluding hydrogens is 262 g/mol. The van der Waals surface area contributed by atoms with E-state index in [2.05, 4.69) is 48.2 Å². The molecule has 0 aliphatic carbocycles. The fraction of sp³-hybridized carbons (Fsp3) is 0.625. The van der Waals surface area contributed by atoms with Gasteiger partial charge in [0.25, 0.3) is 0 Å². The zero-order chi connectivity index (χ0) is 14.8. The van der Waals surface area contributed by atoms with E-state index < -0.39 is 0 Å². The van der Waals surface area contributed by atoms with Gasteiger partial charge in [-0.3, -0.25) is 0 Å². The van der Waals surface area contributed by atoms with Crippen LogP contribution in [-0.2, 0) is 0 Å². The highest BCUT2D eigenvalue weighted by molar-refractivity contribution is 5.46. The number of rotatable bonds is 4. The SMILES string of the molecule is Cc1ccn2nc(N(CC3CCCNC3)C(C)C)nc2c1. The fourth-order valence-corrected chi connectivity index (χ4v) is 2.97. The van der Waals surface area contributed by atoms with Gasteiger partial charge in [0.15, 0.2) is 5.65 Å². The molecule has 3 heterocycles. The number of hydrogen-bond acceptors (Lipinski definition) is 4. The first-order valence-electron chi connectivity index (χ1n) is 7.94. The van der Waals surface area contributed by atoms with Crippen LogP contribution in [-0.4, -0.2) is 40.3 Å². The Kier molecular flexibility index (Phi) is 4.10. The molecule has 5 heteroatoms. The molecule has 0 radical (unpaired) electrons. The summed E-state index contributed by atoms with van der Waals surface area (Å²) in [6.45, 7) is 9.81. The van der Waals surface area contributed by atoms with Gasteiger partial charge in [-0.2, -0.15) is 4.98 Å². The van der Waals surface area contributed by atoms with Crippen molar-refractivity contribution in [3.05, 3.63) is 23.9 Å². The maximum atomic E-state index is 4.72. The molecule has 3 rings (SSSR count). The Morgan fingerprint density at radius 3 is 3.05 bits per heavy atom. The first-order chi connectivity index (χ1) is 10.1. The third-order valence-electron chi connectivity index (χ3n) is 4.22. The number of fused-ring (bicyclic) bond motifs is 1. The molecule has 2 aromatic rings. The second kappa shape index (κ2) is 6.02. The highest BCUT2D eigenvalue weighted by Crippen LogP contribution is 2.19. The molecule has 5 nitrogen and oxygen atoms in total. The van der Waals surface area contributed by atoms with E-state index in [-0.39, 0.29) is 0 Å². The van der Waals surface area contributed by atoms with Crippen molar-refractivity contribution in [3.63, 3.8) is 0 Å². The first kappa shape index (κ1) is 14.3. The van der Waals surface area contributed by atoms with Crippen LogP contribution in [0.5, 0.6) is 0 Å². The molecule has 1 fully saturated rings. The molecule has 1 N–H and O–H groups in total. The van der Waals surface area contributed by atoms with E-state index in [9.17, 15) is 0 Å². The zero-order valence-corrected chi connectivity index (χ0v) is 13.2. The number of aryl methyl sites for hydroxylation is 1. The lowest BCUT2D eigenvalue weighted by Crippen LogP contribution is -2.41. The van der Waals surface area contributed by atoms with Crippen molar-refractivity contribution in [2.24, 2.45) is 5.92 Å². The van der Waals surface area contributed by atoms with Gasteiger partial charge in [-0.1, -0.05) is 0 Å². The molecule has 1 aliphatic heterocycles. The van der Waals surface area contributed by atoms with Crippen LogP contribution in [0, 0.1) is 12.8 Å². The maximum Gasteiger partial charge on any atom is 0.245 e. The molecule has 1 saturated heterocycles. The van der Waals surface area contributed by atoms with Gasteiger partial charge in [0, 0.05) is 18.8 Å². The Morgan fingerprint density at radius 1 is 1.48 bits per heavy atom. The summed E-state index contributed by atoms with van der Waals surface area (Å²) in [5.41, 5.74) is 2.14. The average Bonchev–Trinajstić information content (AvgIpc) is 2.88. The van der Waals surface area contributed by atoms with E-state index in [0.29, 0.717) is 12.0 Å². The molecule has 114 valence electrons. The minimum atomic E-state index is 0.408. The summed E-state index contributed by atoms with van der Waals surface area (Å²) in [5.74, 6) is 1.54. The van der Waals surface area contributed by atoms with Crippen molar-refractivity contribution < 1.29 is 0 Å². The molecule has 21 heavy (non-hydrogen) atoms. The van der Waals surface area contributed by atoms with E-state index in [1.54, 1.807) is 0 Å². The number of nitrogens with zero attached hydrogens (tertiary/aromatic N) is 4. The largest absolute Gasteiger partial charge is 0.337 e. The summed E-state index contributed by atoms with van der Waals surface area (Å²) in [5, 5.41) is 8.14. The topological polar surface area (TPSA) is 45.5 Å². The van der Waals surface area contributed by atoms with Gasteiger partial charge in [-0.25, -0.2) is 4.52 Å². The molecule has 1 atom stereocenters. The number of nitrogens with one attached hydrogen (secondary N) is 1. The summed E-state index contributed by atoms with van der Waals surface area (Å²) in [6, 6.07) is 4.55. The smallest absolute Gasteiger partial charge is 0.245 e. The fourth-order valence-electron chi connectivity index (χ4n) is 2.97. The van der Waals surface area contributed by atoms with E-state index in [0.717, 1.165) is 31.2 Å². The van der Waals surface area contributed by atoms with Gasteiger partial charge in [0.2, 0.25) is 5.95 Å². The van der Waals surface area contributed by atoms with Gasteiger partial charge in [-0.05, 0) is 70.3 Å². The van der Waals surface area contributed by atoms with Crippen LogP contribution >= 0.6 is 0 Å².